The molecule has 2 aliphatic carbocycles. The van der Waals surface area contributed by atoms with Gasteiger partial charge in [-0.15, -0.1) is 0 Å². The van der Waals surface area contributed by atoms with E-state index in [1.54, 1.807) is 12.4 Å². The van der Waals surface area contributed by atoms with Crippen LogP contribution in [0.5, 0.6) is 6.01 Å². The van der Waals surface area contributed by atoms with E-state index < -0.39 is 0 Å². The third kappa shape index (κ3) is 7.65. The van der Waals surface area contributed by atoms with Crippen molar-refractivity contribution in [1.29, 1.82) is 0 Å². The number of carbonyl (C=O) groups is 2. The number of Topliss-reactive ketones (excluding diaryl/α,β-unsaturated/α-hetero) is 1. The minimum Gasteiger partial charge on any atom is -0.391 e. The molecular weight excluding hydrogens is 404 g/mol. The molecule has 0 spiro atoms. The first-order valence-corrected chi connectivity index (χ1v) is 12.8. The number of ketones is 1. The average molecular weight is 445 g/mol. The van der Waals surface area contributed by atoms with Crippen LogP contribution >= 0.6 is 0 Å². The summed E-state index contributed by atoms with van der Waals surface area (Å²) in [5, 5.41) is 0. The number of hydrogen-bond acceptors (Lipinski definition) is 6. The first kappa shape index (κ1) is 24.8. The Bertz CT molecular complexity index is 705. The number of carbonyl (C=O) groups excluding carboxylic acids is 2. The lowest BCUT2D eigenvalue weighted by molar-refractivity contribution is -0.135. The molecule has 2 fully saturated rings. The van der Waals surface area contributed by atoms with Crippen LogP contribution in [0.2, 0.25) is 0 Å². The molecule has 2 saturated carbocycles. The molecule has 0 saturated heterocycles. The third-order valence-electron chi connectivity index (χ3n) is 7.10. The Kier molecular flexibility index (Phi) is 10.1. The second-order valence-corrected chi connectivity index (χ2v) is 9.62. The summed E-state index contributed by atoms with van der Waals surface area (Å²) in [7, 11) is 0. The zero-order valence-corrected chi connectivity index (χ0v) is 19.9. The number of hydrogen-bond donors (Lipinski definition) is 0. The van der Waals surface area contributed by atoms with Crippen LogP contribution in [0, 0.1) is 11.8 Å². The molecule has 0 radical (unpaired) electrons. The van der Waals surface area contributed by atoms with Gasteiger partial charge >= 0.3 is 12.0 Å². The van der Waals surface area contributed by atoms with Crippen molar-refractivity contribution in [2.45, 2.75) is 109 Å². The minimum absolute atomic E-state index is 0.144. The second kappa shape index (κ2) is 13.0. The summed E-state index contributed by atoms with van der Waals surface area (Å²) < 4.78 is 11.4. The van der Waals surface area contributed by atoms with Crippen molar-refractivity contribution in [3.05, 3.63) is 18.0 Å². The van der Waals surface area contributed by atoms with Crippen molar-refractivity contribution in [3.63, 3.8) is 0 Å². The van der Waals surface area contributed by atoms with E-state index in [0.717, 1.165) is 89.2 Å². The average Bonchev–Trinajstić information content (AvgIpc) is 2.82. The molecule has 0 aromatic carbocycles. The fourth-order valence-corrected chi connectivity index (χ4v) is 4.99. The van der Waals surface area contributed by atoms with Crippen molar-refractivity contribution < 1.29 is 19.1 Å². The van der Waals surface area contributed by atoms with Gasteiger partial charge in [0.2, 0.25) is 0 Å². The first-order chi connectivity index (χ1) is 15.6. The molecule has 178 valence electrons. The topological polar surface area (TPSA) is 78.4 Å². The number of ether oxygens (including phenoxy) is 2. The highest BCUT2D eigenvalue weighted by Crippen LogP contribution is 2.35. The molecule has 6 heteroatoms. The van der Waals surface area contributed by atoms with Crippen molar-refractivity contribution in [2.75, 3.05) is 6.61 Å². The highest BCUT2D eigenvalue weighted by molar-refractivity contribution is 5.81. The van der Waals surface area contributed by atoms with Crippen molar-refractivity contribution in [2.24, 2.45) is 11.8 Å². The van der Waals surface area contributed by atoms with E-state index in [4.69, 9.17) is 9.47 Å². The molecule has 32 heavy (non-hydrogen) atoms. The van der Waals surface area contributed by atoms with Crippen LogP contribution in [-0.2, 0) is 14.3 Å². The minimum atomic E-state index is -0.283. The second-order valence-electron chi connectivity index (χ2n) is 9.62. The third-order valence-corrected chi connectivity index (χ3v) is 7.10. The number of unbranched alkanes of at least 4 members (excludes halogenated alkanes) is 1. The molecule has 3 rings (SSSR count). The Hall–Kier alpha value is -1.82. The van der Waals surface area contributed by atoms with Gasteiger partial charge in [-0.25, -0.2) is 9.97 Å². The Morgan fingerprint density at radius 2 is 1.59 bits per heavy atom. The van der Waals surface area contributed by atoms with Gasteiger partial charge in [0.15, 0.2) is 0 Å². The van der Waals surface area contributed by atoms with E-state index in [1.807, 2.05) is 6.92 Å². The van der Waals surface area contributed by atoms with Crippen molar-refractivity contribution in [1.82, 2.24) is 9.97 Å². The first-order valence-electron chi connectivity index (χ1n) is 12.8. The van der Waals surface area contributed by atoms with Gasteiger partial charge in [-0.05, 0) is 81.6 Å². The molecule has 2 aliphatic rings. The van der Waals surface area contributed by atoms with Crippen molar-refractivity contribution in [3.8, 4) is 6.01 Å². The molecular formula is C26H40N2O4. The normalized spacial score (nSPS) is 25.9. The number of aromatic nitrogens is 2. The summed E-state index contributed by atoms with van der Waals surface area (Å²) in [4.78, 5) is 32.2. The SMILES string of the molecule is CCCCC(=O)C1CCC(COC2CCC(c3cnc(OC(=O)CCC)nc3)CC2)CC1. The van der Waals surface area contributed by atoms with E-state index in [1.165, 1.54) is 0 Å². The molecule has 1 aromatic rings. The van der Waals surface area contributed by atoms with Crippen LogP contribution < -0.4 is 4.74 Å². The van der Waals surface area contributed by atoms with Gasteiger partial charge in [0.1, 0.15) is 5.78 Å². The van der Waals surface area contributed by atoms with Gasteiger partial charge in [-0.1, -0.05) is 20.3 Å². The van der Waals surface area contributed by atoms with Gasteiger partial charge in [-0.3, -0.25) is 9.59 Å². The predicted octanol–water partition coefficient (Wildman–Crippen LogP) is 5.79. The van der Waals surface area contributed by atoms with Crippen LogP contribution in [-0.4, -0.2) is 34.4 Å². The molecule has 0 amide bonds. The zero-order valence-electron chi connectivity index (χ0n) is 19.9. The summed E-state index contributed by atoms with van der Waals surface area (Å²) in [5.41, 5.74) is 1.12. The van der Waals surface area contributed by atoms with Crippen LogP contribution in [0.15, 0.2) is 12.4 Å². The van der Waals surface area contributed by atoms with Gasteiger partial charge in [0.25, 0.3) is 0 Å². The Morgan fingerprint density at radius 3 is 2.22 bits per heavy atom. The predicted molar refractivity (Wildman–Crippen MR) is 124 cm³/mol. The summed E-state index contributed by atoms with van der Waals surface area (Å²) >= 11 is 0. The molecule has 1 heterocycles. The maximum Gasteiger partial charge on any atom is 0.324 e. The summed E-state index contributed by atoms with van der Waals surface area (Å²) in [6.45, 7) is 4.92. The highest BCUT2D eigenvalue weighted by Gasteiger charge is 2.28. The largest absolute Gasteiger partial charge is 0.391 e. The summed E-state index contributed by atoms with van der Waals surface area (Å²) in [6, 6.07) is 0.144. The lowest BCUT2D eigenvalue weighted by Gasteiger charge is -2.32. The van der Waals surface area contributed by atoms with Crippen LogP contribution in [0.25, 0.3) is 0 Å². The molecule has 1 aromatic heterocycles. The molecule has 0 bridgehead atoms. The highest BCUT2D eigenvalue weighted by atomic mass is 16.5. The van der Waals surface area contributed by atoms with E-state index >= 15 is 0 Å². The lowest BCUT2D eigenvalue weighted by Crippen LogP contribution is -2.27. The molecule has 0 aliphatic heterocycles. The van der Waals surface area contributed by atoms with Gasteiger partial charge in [-0.2, -0.15) is 0 Å². The van der Waals surface area contributed by atoms with Gasteiger partial charge < -0.3 is 9.47 Å². The summed E-state index contributed by atoms with van der Waals surface area (Å²) in [6.07, 6.45) is 16.6. The van der Waals surface area contributed by atoms with E-state index in [9.17, 15) is 9.59 Å². The van der Waals surface area contributed by atoms with Crippen LogP contribution in [0.1, 0.15) is 109 Å². The summed E-state index contributed by atoms with van der Waals surface area (Å²) in [5.74, 6) is 1.56. The lowest BCUT2D eigenvalue weighted by atomic mass is 9.79. The van der Waals surface area contributed by atoms with Crippen LogP contribution in [0.3, 0.4) is 0 Å². The Labute approximate surface area is 192 Å². The van der Waals surface area contributed by atoms with E-state index in [0.29, 0.717) is 36.1 Å². The van der Waals surface area contributed by atoms with Gasteiger partial charge in [0.05, 0.1) is 6.10 Å². The smallest absolute Gasteiger partial charge is 0.324 e. The number of esters is 1. The Morgan fingerprint density at radius 1 is 0.906 bits per heavy atom. The molecule has 0 atom stereocenters. The zero-order chi connectivity index (χ0) is 22.8. The maximum atomic E-state index is 12.2. The quantitative estimate of drug-likeness (QED) is 0.402. The Balaban J connectivity index is 1.33. The van der Waals surface area contributed by atoms with Crippen molar-refractivity contribution >= 4 is 11.8 Å². The van der Waals surface area contributed by atoms with E-state index in [2.05, 4.69) is 16.9 Å². The molecule has 6 nitrogen and oxygen atoms in total. The van der Waals surface area contributed by atoms with Gasteiger partial charge in [0, 0.05) is 37.8 Å². The monoisotopic (exact) mass is 444 g/mol. The number of rotatable bonds is 11. The fraction of sp³-hybridized carbons (Fsp3) is 0.769. The maximum absolute atomic E-state index is 12.2. The number of nitrogens with zero attached hydrogens (tertiary/aromatic N) is 2. The van der Waals surface area contributed by atoms with Crippen LogP contribution in [0.4, 0.5) is 0 Å². The molecule has 0 N–H and O–H groups in total. The fourth-order valence-electron chi connectivity index (χ4n) is 4.99. The standard InChI is InChI=1S/C26H40N2O4/c1-3-5-7-24(29)21-10-8-19(9-11-21)18-31-23-14-12-20(13-15-23)22-16-27-26(28-17-22)32-25(30)6-4-2/h16-17,19-21,23H,3-15,18H2,1-2H3. The van der Waals surface area contributed by atoms with E-state index in [-0.39, 0.29) is 12.0 Å². The molecule has 0 unspecified atom stereocenters.